The molecule has 0 saturated carbocycles. The van der Waals surface area contributed by atoms with Gasteiger partial charge in [-0.2, -0.15) is 0 Å². The molecule has 1 rings (SSSR count). The predicted molar refractivity (Wildman–Crippen MR) is 74.6 cm³/mol. The van der Waals surface area contributed by atoms with Crippen LogP contribution in [0.3, 0.4) is 0 Å². The third-order valence-electron chi connectivity index (χ3n) is 3.41. The van der Waals surface area contributed by atoms with E-state index in [4.69, 9.17) is 0 Å². The van der Waals surface area contributed by atoms with E-state index in [9.17, 15) is 0 Å². The van der Waals surface area contributed by atoms with Gasteiger partial charge in [0.25, 0.3) is 0 Å². The Balaban J connectivity index is 1.84. The zero-order valence-electron chi connectivity index (χ0n) is 11.9. The molecule has 0 amide bonds. The van der Waals surface area contributed by atoms with Crippen molar-refractivity contribution in [2.24, 2.45) is 0 Å². The van der Waals surface area contributed by atoms with Crippen molar-refractivity contribution in [3.63, 3.8) is 0 Å². The molecule has 102 valence electrons. The van der Waals surface area contributed by atoms with E-state index in [0.717, 1.165) is 6.54 Å². The summed E-state index contributed by atoms with van der Waals surface area (Å²) in [6.07, 6.45) is 2.59. The Kier molecular flexibility index (Phi) is 7.77. The lowest BCUT2D eigenvalue weighted by Gasteiger charge is -2.32. The summed E-state index contributed by atoms with van der Waals surface area (Å²) in [5.41, 5.74) is 0. The molecular formula is C13H30N4. The molecule has 0 aromatic heterocycles. The van der Waals surface area contributed by atoms with Gasteiger partial charge in [-0.1, -0.05) is 0 Å². The molecular weight excluding hydrogens is 212 g/mol. The van der Waals surface area contributed by atoms with Gasteiger partial charge in [0.05, 0.1) is 0 Å². The van der Waals surface area contributed by atoms with Crippen LogP contribution in [0, 0.1) is 0 Å². The zero-order chi connectivity index (χ0) is 12.5. The first-order valence-corrected chi connectivity index (χ1v) is 6.95. The van der Waals surface area contributed by atoms with Gasteiger partial charge in [-0.15, -0.1) is 0 Å². The third-order valence-corrected chi connectivity index (χ3v) is 3.41. The second-order valence-electron chi connectivity index (χ2n) is 5.41. The monoisotopic (exact) mass is 242 g/mol. The van der Waals surface area contributed by atoms with Crippen molar-refractivity contribution in [3.05, 3.63) is 0 Å². The molecule has 0 spiro atoms. The largest absolute Gasteiger partial charge is 0.315 e. The summed E-state index contributed by atoms with van der Waals surface area (Å²) >= 11 is 0. The fraction of sp³-hybridized carbons (Fsp3) is 1.00. The van der Waals surface area contributed by atoms with Gasteiger partial charge in [0.2, 0.25) is 0 Å². The first-order chi connectivity index (χ1) is 8.18. The first kappa shape index (κ1) is 14.9. The highest BCUT2D eigenvalue weighted by atomic mass is 15.2. The predicted octanol–water partition coefficient (Wildman–Crippen LogP) is 0.165. The number of rotatable bonds is 8. The fourth-order valence-corrected chi connectivity index (χ4v) is 2.11. The molecule has 0 atom stereocenters. The van der Waals surface area contributed by atoms with Gasteiger partial charge in [-0.05, 0) is 47.1 Å². The van der Waals surface area contributed by atoms with E-state index in [0.29, 0.717) is 0 Å². The lowest BCUT2D eigenvalue weighted by molar-refractivity contribution is 0.155. The molecule has 0 aliphatic carbocycles. The van der Waals surface area contributed by atoms with Crippen LogP contribution in [-0.4, -0.2) is 88.2 Å². The van der Waals surface area contributed by atoms with Crippen molar-refractivity contribution in [1.29, 1.82) is 0 Å². The van der Waals surface area contributed by atoms with E-state index in [1.165, 1.54) is 58.7 Å². The van der Waals surface area contributed by atoms with Crippen molar-refractivity contribution < 1.29 is 0 Å². The molecule has 0 bridgehead atoms. The Morgan fingerprint density at radius 1 is 1.00 bits per heavy atom. The van der Waals surface area contributed by atoms with E-state index < -0.39 is 0 Å². The van der Waals surface area contributed by atoms with Crippen molar-refractivity contribution in [2.75, 3.05) is 73.5 Å². The molecule has 1 aliphatic rings. The number of nitrogens with one attached hydrogen (secondary N) is 1. The molecule has 0 radical (unpaired) electrons. The third kappa shape index (κ3) is 7.71. The summed E-state index contributed by atoms with van der Waals surface area (Å²) in [6.45, 7) is 9.65. The van der Waals surface area contributed by atoms with Gasteiger partial charge in [-0.25, -0.2) is 0 Å². The summed E-state index contributed by atoms with van der Waals surface area (Å²) in [4.78, 5) is 7.22. The van der Waals surface area contributed by atoms with Gasteiger partial charge in [0.15, 0.2) is 0 Å². The molecule has 1 fully saturated rings. The van der Waals surface area contributed by atoms with Gasteiger partial charge in [0, 0.05) is 39.3 Å². The normalized spacial score (nSPS) is 19.1. The van der Waals surface area contributed by atoms with E-state index in [2.05, 4.69) is 41.2 Å². The molecule has 0 aromatic rings. The van der Waals surface area contributed by atoms with Crippen LogP contribution >= 0.6 is 0 Å². The van der Waals surface area contributed by atoms with Crippen LogP contribution in [0.2, 0.25) is 0 Å². The maximum absolute atomic E-state index is 3.54. The molecule has 4 heteroatoms. The standard InChI is InChI=1S/C13H30N4/c1-15(2)8-5-4-6-14-7-9-17-12-10-16(3)11-13-17/h14H,4-13H2,1-3H3. The van der Waals surface area contributed by atoms with Crippen LogP contribution < -0.4 is 5.32 Å². The van der Waals surface area contributed by atoms with E-state index in [1.54, 1.807) is 0 Å². The van der Waals surface area contributed by atoms with Crippen molar-refractivity contribution >= 4 is 0 Å². The summed E-state index contributed by atoms with van der Waals surface area (Å²) in [6, 6.07) is 0. The topological polar surface area (TPSA) is 21.8 Å². The van der Waals surface area contributed by atoms with Gasteiger partial charge >= 0.3 is 0 Å². The number of unbranched alkanes of at least 4 members (excludes halogenated alkanes) is 1. The average molecular weight is 242 g/mol. The molecule has 0 unspecified atom stereocenters. The fourth-order valence-electron chi connectivity index (χ4n) is 2.11. The molecule has 0 aromatic carbocycles. The van der Waals surface area contributed by atoms with E-state index in [1.807, 2.05) is 0 Å². The SMILES string of the molecule is CN(C)CCCCNCCN1CCN(C)CC1. The Morgan fingerprint density at radius 2 is 1.71 bits per heavy atom. The Labute approximate surface area is 107 Å². The molecule has 17 heavy (non-hydrogen) atoms. The second-order valence-corrected chi connectivity index (χ2v) is 5.41. The number of hydrogen-bond donors (Lipinski definition) is 1. The minimum absolute atomic E-state index is 1.14. The van der Waals surface area contributed by atoms with Crippen LogP contribution in [0.25, 0.3) is 0 Å². The summed E-state index contributed by atoms with van der Waals surface area (Å²) in [7, 11) is 6.49. The number of hydrogen-bond acceptors (Lipinski definition) is 4. The van der Waals surface area contributed by atoms with Crippen LogP contribution in [-0.2, 0) is 0 Å². The number of piperazine rings is 1. The van der Waals surface area contributed by atoms with Crippen molar-refractivity contribution in [2.45, 2.75) is 12.8 Å². The molecule has 1 saturated heterocycles. The number of nitrogens with zero attached hydrogens (tertiary/aromatic N) is 3. The highest BCUT2D eigenvalue weighted by Crippen LogP contribution is 1.97. The zero-order valence-corrected chi connectivity index (χ0v) is 11.9. The summed E-state index contributed by atoms with van der Waals surface area (Å²) in [5.74, 6) is 0. The first-order valence-electron chi connectivity index (χ1n) is 6.95. The van der Waals surface area contributed by atoms with Crippen LogP contribution in [0.15, 0.2) is 0 Å². The molecule has 4 nitrogen and oxygen atoms in total. The Bertz CT molecular complexity index is 176. The van der Waals surface area contributed by atoms with Crippen molar-refractivity contribution in [1.82, 2.24) is 20.0 Å². The van der Waals surface area contributed by atoms with Crippen LogP contribution in [0.5, 0.6) is 0 Å². The Hall–Kier alpha value is -0.160. The quantitative estimate of drug-likeness (QED) is 0.612. The molecule has 1 aliphatic heterocycles. The minimum atomic E-state index is 1.14. The van der Waals surface area contributed by atoms with Gasteiger partial charge < -0.3 is 15.1 Å². The molecule has 1 heterocycles. The average Bonchev–Trinajstić information content (AvgIpc) is 2.30. The van der Waals surface area contributed by atoms with E-state index in [-0.39, 0.29) is 0 Å². The highest BCUT2D eigenvalue weighted by Gasteiger charge is 2.12. The summed E-state index contributed by atoms with van der Waals surface area (Å²) < 4.78 is 0. The smallest absolute Gasteiger partial charge is 0.0110 e. The van der Waals surface area contributed by atoms with Crippen LogP contribution in [0.4, 0.5) is 0 Å². The minimum Gasteiger partial charge on any atom is -0.315 e. The maximum Gasteiger partial charge on any atom is 0.0110 e. The maximum atomic E-state index is 3.54. The van der Waals surface area contributed by atoms with Crippen LogP contribution in [0.1, 0.15) is 12.8 Å². The van der Waals surface area contributed by atoms with Crippen molar-refractivity contribution in [3.8, 4) is 0 Å². The number of likely N-dealkylation sites (N-methyl/N-ethyl adjacent to an activating group) is 1. The second kappa shape index (κ2) is 8.86. The lowest BCUT2D eigenvalue weighted by Crippen LogP contribution is -2.46. The van der Waals surface area contributed by atoms with E-state index >= 15 is 0 Å². The Morgan fingerprint density at radius 3 is 2.35 bits per heavy atom. The van der Waals surface area contributed by atoms with Gasteiger partial charge in [0.1, 0.15) is 0 Å². The van der Waals surface area contributed by atoms with Gasteiger partial charge in [-0.3, -0.25) is 4.90 Å². The summed E-state index contributed by atoms with van der Waals surface area (Å²) in [5, 5.41) is 3.54. The molecule has 1 N–H and O–H groups in total. The lowest BCUT2D eigenvalue weighted by atomic mass is 10.3. The highest BCUT2D eigenvalue weighted by molar-refractivity contribution is 4.69.